The molecule has 6 heteroatoms. The molecule has 2 aromatic rings. The summed E-state index contributed by atoms with van der Waals surface area (Å²) in [7, 11) is 0. The zero-order chi connectivity index (χ0) is 20.0. The Kier molecular flexibility index (Phi) is 6.55. The van der Waals surface area contributed by atoms with Crippen LogP contribution < -0.4 is 10.6 Å². The van der Waals surface area contributed by atoms with Gasteiger partial charge in [-0.05, 0) is 70.0 Å². The van der Waals surface area contributed by atoms with Crippen LogP contribution in [-0.2, 0) is 11.2 Å². The van der Waals surface area contributed by atoms with E-state index in [2.05, 4.69) is 10.6 Å². The van der Waals surface area contributed by atoms with Crippen LogP contribution in [0.4, 0.5) is 14.9 Å². The maximum atomic E-state index is 13.7. The molecule has 2 amide bonds. The molecule has 0 heterocycles. The highest BCUT2D eigenvalue weighted by Crippen LogP contribution is 2.14. The molecule has 1 unspecified atom stereocenters. The van der Waals surface area contributed by atoms with E-state index in [4.69, 9.17) is 4.74 Å². The SMILES string of the molecule is CC(Cc1ccccc1F)NC(=O)c1ccc(NC(=O)OC(C)(C)C)cc1. The topological polar surface area (TPSA) is 67.4 Å². The van der Waals surface area contributed by atoms with Crippen LogP contribution in [0.15, 0.2) is 48.5 Å². The van der Waals surface area contributed by atoms with Gasteiger partial charge in [-0.1, -0.05) is 18.2 Å². The fourth-order valence-corrected chi connectivity index (χ4v) is 2.48. The van der Waals surface area contributed by atoms with Gasteiger partial charge in [0.2, 0.25) is 0 Å². The van der Waals surface area contributed by atoms with Crippen molar-refractivity contribution in [3.8, 4) is 0 Å². The molecule has 2 N–H and O–H groups in total. The van der Waals surface area contributed by atoms with Crippen molar-refractivity contribution in [3.63, 3.8) is 0 Å². The van der Waals surface area contributed by atoms with Gasteiger partial charge >= 0.3 is 6.09 Å². The summed E-state index contributed by atoms with van der Waals surface area (Å²) in [5.74, 6) is -0.543. The summed E-state index contributed by atoms with van der Waals surface area (Å²) < 4.78 is 18.9. The largest absolute Gasteiger partial charge is 0.444 e. The molecule has 27 heavy (non-hydrogen) atoms. The van der Waals surface area contributed by atoms with Gasteiger partial charge in [0.15, 0.2) is 0 Å². The highest BCUT2D eigenvalue weighted by molar-refractivity contribution is 5.95. The summed E-state index contributed by atoms with van der Waals surface area (Å²) in [5.41, 5.74) is 0.950. The Labute approximate surface area is 158 Å². The van der Waals surface area contributed by atoms with Gasteiger partial charge in [0.25, 0.3) is 5.91 Å². The van der Waals surface area contributed by atoms with Crippen LogP contribution in [-0.4, -0.2) is 23.6 Å². The monoisotopic (exact) mass is 372 g/mol. The predicted molar refractivity (Wildman–Crippen MR) is 103 cm³/mol. The zero-order valence-electron chi connectivity index (χ0n) is 16.0. The van der Waals surface area contributed by atoms with E-state index in [1.165, 1.54) is 6.07 Å². The molecule has 0 saturated heterocycles. The van der Waals surface area contributed by atoms with Crippen LogP contribution >= 0.6 is 0 Å². The second kappa shape index (κ2) is 8.66. The first kappa shape index (κ1) is 20.4. The second-order valence-electron chi connectivity index (χ2n) is 7.37. The molecule has 0 spiro atoms. The van der Waals surface area contributed by atoms with Gasteiger partial charge in [-0.3, -0.25) is 10.1 Å². The minimum Gasteiger partial charge on any atom is -0.444 e. The van der Waals surface area contributed by atoms with E-state index in [-0.39, 0.29) is 17.8 Å². The van der Waals surface area contributed by atoms with E-state index in [1.54, 1.807) is 63.2 Å². The minimum absolute atomic E-state index is 0.228. The summed E-state index contributed by atoms with van der Waals surface area (Å²) in [5, 5.41) is 5.46. The van der Waals surface area contributed by atoms with E-state index in [9.17, 15) is 14.0 Å². The number of rotatable bonds is 5. The number of carbonyl (C=O) groups is 2. The molecule has 5 nitrogen and oxygen atoms in total. The van der Waals surface area contributed by atoms with Gasteiger partial charge in [-0.2, -0.15) is 0 Å². The maximum Gasteiger partial charge on any atom is 0.412 e. The third-order valence-corrected chi connectivity index (χ3v) is 3.65. The van der Waals surface area contributed by atoms with Crippen molar-refractivity contribution in [1.82, 2.24) is 5.32 Å². The van der Waals surface area contributed by atoms with Gasteiger partial charge in [0.1, 0.15) is 11.4 Å². The summed E-state index contributed by atoms with van der Waals surface area (Å²) in [4.78, 5) is 24.1. The molecule has 0 aliphatic heterocycles. The third-order valence-electron chi connectivity index (χ3n) is 3.65. The molecule has 0 radical (unpaired) electrons. The number of hydrogen-bond donors (Lipinski definition) is 2. The number of anilines is 1. The third kappa shape index (κ3) is 6.73. The van der Waals surface area contributed by atoms with Crippen LogP contribution in [0.5, 0.6) is 0 Å². The van der Waals surface area contributed by atoms with Crippen molar-refractivity contribution in [3.05, 3.63) is 65.5 Å². The van der Waals surface area contributed by atoms with Gasteiger partial charge in [0.05, 0.1) is 0 Å². The summed E-state index contributed by atoms with van der Waals surface area (Å²) in [6.45, 7) is 7.16. The lowest BCUT2D eigenvalue weighted by Gasteiger charge is -2.19. The smallest absolute Gasteiger partial charge is 0.412 e. The van der Waals surface area contributed by atoms with Gasteiger partial charge < -0.3 is 10.1 Å². The maximum absolute atomic E-state index is 13.7. The molecule has 0 aromatic heterocycles. The van der Waals surface area contributed by atoms with Crippen molar-refractivity contribution >= 4 is 17.7 Å². The number of nitrogens with one attached hydrogen (secondary N) is 2. The number of benzene rings is 2. The Morgan fingerprint density at radius 1 is 1.07 bits per heavy atom. The average Bonchev–Trinajstić information content (AvgIpc) is 2.55. The van der Waals surface area contributed by atoms with Crippen LogP contribution in [0.1, 0.15) is 43.6 Å². The number of amides is 2. The molecule has 0 fully saturated rings. The molecule has 1 atom stereocenters. The first-order chi connectivity index (χ1) is 12.6. The van der Waals surface area contributed by atoms with Crippen molar-refractivity contribution in [2.45, 2.75) is 45.8 Å². The number of halogens is 1. The normalized spacial score (nSPS) is 12.2. The predicted octanol–water partition coefficient (Wildman–Crippen LogP) is 4.53. The van der Waals surface area contributed by atoms with Crippen molar-refractivity contribution < 1.29 is 18.7 Å². The molecule has 2 aromatic carbocycles. The Balaban J connectivity index is 1.91. The molecule has 2 rings (SSSR count). The van der Waals surface area contributed by atoms with Gasteiger partial charge in [-0.15, -0.1) is 0 Å². The van der Waals surface area contributed by atoms with Gasteiger partial charge in [0, 0.05) is 17.3 Å². The molecule has 0 aliphatic carbocycles. The van der Waals surface area contributed by atoms with Crippen molar-refractivity contribution in [1.29, 1.82) is 0 Å². The molecule has 0 aliphatic rings. The Morgan fingerprint density at radius 2 is 1.70 bits per heavy atom. The molecular formula is C21H25FN2O3. The molecule has 0 bridgehead atoms. The molecular weight excluding hydrogens is 347 g/mol. The summed E-state index contributed by atoms with van der Waals surface area (Å²) in [6, 6.07) is 12.7. The number of carbonyl (C=O) groups excluding carboxylic acids is 2. The van der Waals surface area contributed by atoms with Crippen LogP contribution in [0.2, 0.25) is 0 Å². The van der Waals surface area contributed by atoms with Crippen LogP contribution in [0.25, 0.3) is 0 Å². The molecule has 0 saturated carbocycles. The lowest BCUT2D eigenvalue weighted by atomic mass is 10.1. The Bertz CT molecular complexity index is 798. The van der Waals surface area contributed by atoms with E-state index in [1.807, 2.05) is 6.92 Å². The second-order valence-corrected chi connectivity index (χ2v) is 7.37. The zero-order valence-corrected chi connectivity index (χ0v) is 16.0. The first-order valence-corrected chi connectivity index (χ1v) is 8.78. The Morgan fingerprint density at radius 3 is 2.30 bits per heavy atom. The van der Waals surface area contributed by atoms with Crippen LogP contribution in [0, 0.1) is 5.82 Å². The van der Waals surface area contributed by atoms with Gasteiger partial charge in [-0.25, -0.2) is 9.18 Å². The number of hydrogen-bond acceptors (Lipinski definition) is 3. The first-order valence-electron chi connectivity index (χ1n) is 8.78. The van der Waals surface area contributed by atoms with E-state index >= 15 is 0 Å². The fraction of sp³-hybridized carbons (Fsp3) is 0.333. The number of ether oxygens (including phenoxy) is 1. The minimum atomic E-state index is -0.585. The summed E-state index contributed by atoms with van der Waals surface area (Å²) in [6.07, 6.45) is -0.158. The molecule has 144 valence electrons. The fourth-order valence-electron chi connectivity index (χ4n) is 2.48. The standard InChI is InChI=1S/C21H25FN2O3/c1-14(13-16-7-5-6-8-18(16)22)23-19(25)15-9-11-17(12-10-15)24-20(26)27-21(2,3)4/h5-12,14H,13H2,1-4H3,(H,23,25)(H,24,26). The quantitative estimate of drug-likeness (QED) is 0.810. The van der Waals surface area contributed by atoms with Crippen molar-refractivity contribution in [2.24, 2.45) is 0 Å². The average molecular weight is 372 g/mol. The lowest BCUT2D eigenvalue weighted by Crippen LogP contribution is -2.34. The highest BCUT2D eigenvalue weighted by Gasteiger charge is 2.16. The van der Waals surface area contributed by atoms with Crippen molar-refractivity contribution in [2.75, 3.05) is 5.32 Å². The van der Waals surface area contributed by atoms with Crippen LogP contribution in [0.3, 0.4) is 0 Å². The Hall–Kier alpha value is -2.89. The summed E-state index contributed by atoms with van der Waals surface area (Å²) >= 11 is 0. The van der Waals surface area contributed by atoms with E-state index in [0.29, 0.717) is 23.2 Å². The van der Waals surface area contributed by atoms with E-state index in [0.717, 1.165) is 0 Å². The highest BCUT2D eigenvalue weighted by atomic mass is 19.1. The lowest BCUT2D eigenvalue weighted by molar-refractivity contribution is 0.0635. The van der Waals surface area contributed by atoms with E-state index < -0.39 is 11.7 Å².